The molecule has 1 N–H and O–H groups in total. The van der Waals surface area contributed by atoms with E-state index in [9.17, 15) is 22.8 Å². The molecule has 22 heavy (non-hydrogen) atoms. The molecular weight excluding hydrogens is 297 g/mol. The summed E-state index contributed by atoms with van der Waals surface area (Å²) < 4.78 is 39.3. The Morgan fingerprint density at radius 1 is 1.09 bits per heavy atom. The first-order chi connectivity index (χ1) is 10.4. The largest absolute Gasteiger partial charge is 0.416 e. The molecule has 0 radical (unpaired) electrons. The number of aromatic amines is 1. The maximum absolute atomic E-state index is 12.7. The van der Waals surface area contributed by atoms with Crippen molar-refractivity contribution < 1.29 is 13.2 Å². The zero-order valence-corrected chi connectivity index (χ0v) is 11.7. The van der Waals surface area contributed by atoms with Gasteiger partial charge < -0.3 is 4.98 Å². The van der Waals surface area contributed by atoms with Gasteiger partial charge >= 0.3 is 11.9 Å². The number of hydrogen-bond acceptors (Lipinski definition) is 2. The molecule has 1 aliphatic rings. The lowest BCUT2D eigenvalue weighted by Crippen LogP contribution is -2.38. The Labute approximate surface area is 123 Å². The second kappa shape index (κ2) is 5.30. The Morgan fingerprint density at radius 3 is 2.41 bits per heavy atom. The Balaban J connectivity index is 2.17. The number of nitrogens with one attached hydrogen (secondary N) is 1. The highest BCUT2D eigenvalue weighted by Gasteiger charge is 2.31. The van der Waals surface area contributed by atoms with E-state index in [1.165, 1.54) is 0 Å². The number of aromatic nitrogens is 2. The molecule has 1 saturated carbocycles. The van der Waals surface area contributed by atoms with Gasteiger partial charge in [-0.2, -0.15) is 13.2 Å². The van der Waals surface area contributed by atoms with E-state index >= 15 is 0 Å². The fourth-order valence-corrected chi connectivity index (χ4v) is 3.08. The maximum atomic E-state index is 12.7. The topological polar surface area (TPSA) is 54.9 Å². The molecule has 1 heterocycles. The summed E-state index contributed by atoms with van der Waals surface area (Å²) in [6.45, 7) is 0. The van der Waals surface area contributed by atoms with Gasteiger partial charge in [0.25, 0.3) is 5.56 Å². The molecule has 0 atom stereocenters. The van der Waals surface area contributed by atoms with E-state index in [0.717, 1.165) is 54.9 Å². The van der Waals surface area contributed by atoms with Gasteiger partial charge in [-0.1, -0.05) is 19.3 Å². The lowest BCUT2D eigenvalue weighted by Gasteiger charge is -2.23. The van der Waals surface area contributed by atoms with Gasteiger partial charge in [-0.3, -0.25) is 9.36 Å². The highest BCUT2D eigenvalue weighted by atomic mass is 19.4. The third kappa shape index (κ3) is 2.55. The van der Waals surface area contributed by atoms with Gasteiger partial charge in [0.2, 0.25) is 0 Å². The van der Waals surface area contributed by atoms with Crippen LogP contribution in [0.4, 0.5) is 13.2 Å². The predicted octanol–water partition coefficient (Wildman–Crippen LogP) is 3.21. The monoisotopic (exact) mass is 312 g/mol. The van der Waals surface area contributed by atoms with Crippen molar-refractivity contribution in [2.24, 2.45) is 0 Å². The summed E-state index contributed by atoms with van der Waals surface area (Å²) in [5.41, 5.74) is -2.11. The highest BCUT2D eigenvalue weighted by molar-refractivity contribution is 5.78. The number of rotatable bonds is 1. The highest BCUT2D eigenvalue weighted by Crippen LogP contribution is 2.30. The van der Waals surface area contributed by atoms with E-state index in [-0.39, 0.29) is 16.9 Å². The molecular formula is C15H15F3N2O2. The van der Waals surface area contributed by atoms with Crippen molar-refractivity contribution in [3.8, 4) is 0 Å². The zero-order chi connectivity index (χ0) is 15.9. The van der Waals surface area contributed by atoms with Gasteiger partial charge in [0.05, 0.1) is 16.5 Å². The van der Waals surface area contributed by atoms with Gasteiger partial charge in [-0.15, -0.1) is 0 Å². The van der Waals surface area contributed by atoms with E-state index in [4.69, 9.17) is 0 Å². The van der Waals surface area contributed by atoms with Crippen LogP contribution in [-0.2, 0) is 6.18 Å². The first kappa shape index (κ1) is 14.9. The molecule has 0 aliphatic heterocycles. The number of alkyl halides is 3. The first-order valence-corrected chi connectivity index (χ1v) is 7.24. The van der Waals surface area contributed by atoms with Crippen LogP contribution in [-0.4, -0.2) is 9.55 Å². The van der Waals surface area contributed by atoms with Crippen LogP contribution in [0.1, 0.15) is 43.7 Å². The molecule has 1 aromatic heterocycles. The van der Waals surface area contributed by atoms with Crippen LogP contribution in [0, 0.1) is 0 Å². The standard InChI is InChI=1S/C15H15F3N2O2/c16-15(17,18)9-6-7-11-12(8-9)19-14(22)20(13(11)21)10-4-2-1-3-5-10/h6-8,10H,1-5H2,(H,19,22). The maximum Gasteiger partial charge on any atom is 0.416 e. The summed E-state index contributed by atoms with van der Waals surface area (Å²) in [6.07, 6.45) is -0.0531. The molecule has 118 valence electrons. The van der Waals surface area contributed by atoms with Crippen LogP contribution in [0.2, 0.25) is 0 Å². The molecule has 0 amide bonds. The molecule has 1 aliphatic carbocycles. The Bertz CT molecular complexity index is 814. The Hall–Kier alpha value is -2.05. The summed E-state index contributed by atoms with van der Waals surface area (Å²) >= 11 is 0. The van der Waals surface area contributed by atoms with Crippen molar-refractivity contribution >= 4 is 10.9 Å². The average molecular weight is 312 g/mol. The van der Waals surface area contributed by atoms with Crippen molar-refractivity contribution in [2.75, 3.05) is 0 Å². The van der Waals surface area contributed by atoms with Crippen molar-refractivity contribution in [1.29, 1.82) is 0 Å². The first-order valence-electron chi connectivity index (χ1n) is 7.24. The minimum atomic E-state index is -4.51. The van der Waals surface area contributed by atoms with Crippen LogP contribution < -0.4 is 11.2 Å². The van der Waals surface area contributed by atoms with E-state index in [0.29, 0.717) is 0 Å². The number of halogens is 3. The predicted molar refractivity (Wildman–Crippen MR) is 76.0 cm³/mol. The Kier molecular flexibility index (Phi) is 3.58. The fourth-order valence-electron chi connectivity index (χ4n) is 3.08. The smallest absolute Gasteiger partial charge is 0.307 e. The van der Waals surface area contributed by atoms with Gasteiger partial charge in [-0.05, 0) is 31.0 Å². The normalized spacial score (nSPS) is 17.0. The third-order valence-corrected chi connectivity index (χ3v) is 4.20. The van der Waals surface area contributed by atoms with Crippen LogP contribution in [0.5, 0.6) is 0 Å². The minimum absolute atomic E-state index is 0.0723. The van der Waals surface area contributed by atoms with Gasteiger partial charge in [0.15, 0.2) is 0 Å². The van der Waals surface area contributed by atoms with E-state index in [1.807, 2.05) is 0 Å². The second-order valence-corrected chi connectivity index (χ2v) is 5.66. The summed E-state index contributed by atoms with van der Waals surface area (Å²) in [5.74, 6) is 0. The van der Waals surface area contributed by atoms with Crippen LogP contribution >= 0.6 is 0 Å². The van der Waals surface area contributed by atoms with Crippen molar-refractivity contribution in [1.82, 2.24) is 9.55 Å². The number of benzene rings is 1. The summed E-state index contributed by atoms with van der Waals surface area (Å²) in [7, 11) is 0. The molecule has 2 aromatic rings. The zero-order valence-electron chi connectivity index (χ0n) is 11.7. The van der Waals surface area contributed by atoms with E-state index in [2.05, 4.69) is 4.98 Å². The van der Waals surface area contributed by atoms with Crippen molar-refractivity contribution in [2.45, 2.75) is 44.3 Å². The summed E-state index contributed by atoms with van der Waals surface area (Å²) in [6, 6.07) is 2.64. The molecule has 0 saturated heterocycles. The number of nitrogens with zero attached hydrogens (tertiary/aromatic N) is 1. The van der Waals surface area contributed by atoms with E-state index < -0.39 is 23.0 Å². The summed E-state index contributed by atoms with van der Waals surface area (Å²) in [5, 5.41) is 0.109. The molecule has 3 rings (SSSR count). The molecule has 0 spiro atoms. The molecule has 1 aromatic carbocycles. The van der Waals surface area contributed by atoms with Gasteiger partial charge in [0, 0.05) is 6.04 Å². The SMILES string of the molecule is O=c1[nH]c2cc(C(F)(F)F)ccc2c(=O)n1C1CCCCC1. The van der Waals surface area contributed by atoms with Crippen LogP contribution in [0.25, 0.3) is 10.9 Å². The van der Waals surface area contributed by atoms with Crippen molar-refractivity contribution in [3.63, 3.8) is 0 Å². The Morgan fingerprint density at radius 2 is 1.77 bits per heavy atom. The number of hydrogen-bond donors (Lipinski definition) is 1. The second-order valence-electron chi connectivity index (χ2n) is 5.66. The molecule has 7 heteroatoms. The quantitative estimate of drug-likeness (QED) is 0.879. The molecule has 0 unspecified atom stereocenters. The summed E-state index contributed by atoms with van der Waals surface area (Å²) in [4.78, 5) is 27.0. The van der Waals surface area contributed by atoms with Crippen LogP contribution in [0.3, 0.4) is 0 Å². The minimum Gasteiger partial charge on any atom is -0.307 e. The third-order valence-electron chi connectivity index (χ3n) is 4.20. The lowest BCUT2D eigenvalue weighted by molar-refractivity contribution is -0.137. The van der Waals surface area contributed by atoms with Gasteiger partial charge in [-0.25, -0.2) is 4.79 Å². The molecule has 4 nitrogen and oxygen atoms in total. The number of H-pyrrole nitrogens is 1. The average Bonchev–Trinajstić information content (AvgIpc) is 2.47. The molecule has 1 fully saturated rings. The number of fused-ring (bicyclic) bond motifs is 1. The van der Waals surface area contributed by atoms with Crippen LogP contribution in [0.15, 0.2) is 27.8 Å². The lowest BCUT2D eigenvalue weighted by atomic mass is 9.95. The van der Waals surface area contributed by atoms with Gasteiger partial charge in [0.1, 0.15) is 0 Å². The van der Waals surface area contributed by atoms with Crippen molar-refractivity contribution in [3.05, 3.63) is 44.6 Å². The molecule has 0 bridgehead atoms. The van der Waals surface area contributed by atoms with E-state index in [1.54, 1.807) is 0 Å². The fraction of sp³-hybridized carbons (Fsp3) is 0.467.